The van der Waals surface area contributed by atoms with E-state index in [4.69, 9.17) is 9.47 Å². The van der Waals surface area contributed by atoms with E-state index in [0.29, 0.717) is 12.4 Å². The molecule has 0 unspecified atom stereocenters. The first-order valence-electron chi connectivity index (χ1n) is 14.4. The lowest BCUT2D eigenvalue weighted by atomic mass is 10.0. The summed E-state index contributed by atoms with van der Waals surface area (Å²) in [6.45, 7) is 2.76. The van der Waals surface area contributed by atoms with Crippen molar-refractivity contribution in [3.05, 3.63) is 29.8 Å². The van der Waals surface area contributed by atoms with E-state index in [-0.39, 0.29) is 11.7 Å². The number of aromatic hydroxyl groups is 1. The molecular weight excluding hydrogens is 436 g/mol. The normalized spacial score (nSPS) is 11.3. The van der Waals surface area contributed by atoms with Crippen LogP contribution in [0, 0.1) is 0 Å². The predicted octanol–water partition coefficient (Wildman–Crippen LogP) is 9.39. The number of benzene rings is 1. The van der Waals surface area contributed by atoms with E-state index in [2.05, 4.69) is 6.92 Å². The summed E-state index contributed by atoms with van der Waals surface area (Å²) >= 11 is 0. The Bertz CT molecular complexity index is 668. The second-order valence-corrected chi connectivity index (χ2v) is 9.80. The average molecular weight is 489 g/mol. The van der Waals surface area contributed by atoms with Crippen molar-refractivity contribution in [3.63, 3.8) is 0 Å². The zero-order chi connectivity index (χ0) is 25.4. The molecule has 1 aromatic rings. The number of ether oxygens (including phenoxy) is 2. The number of carbonyl (C=O) groups is 1. The van der Waals surface area contributed by atoms with Crippen LogP contribution in [0.2, 0.25) is 0 Å². The van der Waals surface area contributed by atoms with Crippen molar-refractivity contribution in [2.24, 2.45) is 0 Å². The maximum absolute atomic E-state index is 11.8. The Labute approximate surface area is 215 Å². The van der Waals surface area contributed by atoms with Gasteiger partial charge in [-0.05, 0) is 30.2 Å². The fraction of sp³-hybridized carbons (Fsp3) is 0.710. The molecule has 0 saturated carbocycles. The van der Waals surface area contributed by atoms with E-state index in [9.17, 15) is 9.90 Å². The average Bonchev–Trinajstić information content (AvgIpc) is 2.87. The van der Waals surface area contributed by atoms with Gasteiger partial charge in [0.15, 0.2) is 11.5 Å². The summed E-state index contributed by atoms with van der Waals surface area (Å²) in [6, 6.07) is 4.94. The number of phenols is 1. The van der Waals surface area contributed by atoms with Crippen LogP contribution in [0.1, 0.15) is 134 Å². The van der Waals surface area contributed by atoms with Crippen LogP contribution in [0.25, 0.3) is 6.08 Å². The number of hydrogen-bond acceptors (Lipinski definition) is 4. The zero-order valence-corrected chi connectivity index (χ0v) is 22.7. The number of methoxy groups -OCH3 is 1. The van der Waals surface area contributed by atoms with Crippen LogP contribution < -0.4 is 4.74 Å². The van der Waals surface area contributed by atoms with Gasteiger partial charge in [0.05, 0.1) is 13.7 Å². The minimum atomic E-state index is -0.334. The molecule has 200 valence electrons. The third-order valence-electron chi connectivity index (χ3n) is 6.61. The largest absolute Gasteiger partial charge is 0.504 e. The molecule has 4 nitrogen and oxygen atoms in total. The molecule has 1 rings (SSSR count). The second kappa shape index (κ2) is 22.5. The van der Waals surface area contributed by atoms with Crippen LogP contribution in [0.15, 0.2) is 24.3 Å². The molecule has 0 saturated heterocycles. The van der Waals surface area contributed by atoms with E-state index in [0.717, 1.165) is 18.4 Å². The Balaban J connectivity index is 1.83. The van der Waals surface area contributed by atoms with Gasteiger partial charge >= 0.3 is 5.97 Å². The molecule has 0 spiro atoms. The highest BCUT2D eigenvalue weighted by atomic mass is 16.5. The van der Waals surface area contributed by atoms with Gasteiger partial charge in [-0.3, -0.25) is 0 Å². The van der Waals surface area contributed by atoms with Gasteiger partial charge in [0, 0.05) is 6.08 Å². The van der Waals surface area contributed by atoms with Crippen molar-refractivity contribution in [2.45, 2.75) is 129 Å². The Morgan fingerprint density at radius 2 is 1.20 bits per heavy atom. The summed E-state index contributed by atoms with van der Waals surface area (Å²) in [6.07, 6.45) is 28.8. The molecule has 4 heteroatoms. The standard InChI is InChI=1S/C31H52O4/c1-3-4-5-6-7-8-9-10-11-12-13-14-15-16-17-18-19-20-21-26-35-31(33)25-23-28-22-24-29(32)30(27-28)34-2/h22-25,27,32H,3-21,26H2,1-2H3/b25-23+. The molecule has 0 aliphatic carbocycles. The third kappa shape index (κ3) is 18.0. The first-order chi connectivity index (χ1) is 17.2. The lowest BCUT2D eigenvalue weighted by Crippen LogP contribution is -2.02. The van der Waals surface area contributed by atoms with Crippen molar-refractivity contribution in [1.29, 1.82) is 0 Å². The number of unbranched alkanes of at least 4 members (excludes halogenated alkanes) is 18. The molecule has 35 heavy (non-hydrogen) atoms. The van der Waals surface area contributed by atoms with Crippen LogP contribution in [0.3, 0.4) is 0 Å². The Morgan fingerprint density at radius 1 is 0.743 bits per heavy atom. The van der Waals surface area contributed by atoms with Crippen molar-refractivity contribution < 1.29 is 19.4 Å². The van der Waals surface area contributed by atoms with Crippen molar-refractivity contribution in [2.75, 3.05) is 13.7 Å². The topological polar surface area (TPSA) is 55.8 Å². The maximum Gasteiger partial charge on any atom is 0.330 e. The Kier molecular flexibility index (Phi) is 20.0. The zero-order valence-electron chi connectivity index (χ0n) is 22.7. The summed E-state index contributed by atoms with van der Waals surface area (Å²) in [5, 5.41) is 9.60. The fourth-order valence-corrected chi connectivity index (χ4v) is 4.36. The number of esters is 1. The van der Waals surface area contributed by atoms with Gasteiger partial charge in [0.2, 0.25) is 0 Å². The molecule has 0 aliphatic rings. The number of carbonyl (C=O) groups excluding carboxylic acids is 1. The summed E-state index contributed by atoms with van der Waals surface area (Å²) < 4.78 is 10.3. The summed E-state index contributed by atoms with van der Waals surface area (Å²) in [5.74, 6) is 0.130. The van der Waals surface area contributed by atoms with Crippen LogP contribution in [0.4, 0.5) is 0 Å². The van der Waals surface area contributed by atoms with Gasteiger partial charge in [-0.15, -0.1) is 0 Å². The minimum Gasteiger partial charge on any atom is -0.504 e. The number of phenolic OH excluding ortho intramolecular Hbond substituents is 1. The molecule has 0 bridgehead atoms. The quantitative estimate of drug-likeness (QED) is 0.0946. The molecular formula is C31H52O4. The van der Waals surface area contributed by atoms with Crippen LogP contribution in [-0.4, -0.2) is 24.8 Å². The minimum absolute atomic E-state index is 0.0802. The molecule has 0 atom stereocenters. The van der Waals surface area contributed by atoms with Gasteiger partial charge in [-0.2, -0.15) is 0 Å². The number of hydrogen-bond donors (Lipinski definition) is 1. The van der Waals surface area contributed by atoms with Crippen LogP contribution in [0.5, 0.6) is 11.5 Å². The molecule has 0 amide bonds. The molecule has 0 fully saturated rings. The van der Waals surface area contributed by atoms with E-state index in [1.807, 2.05) is 0 Å². The smallest absolute Gasteiger partial charge is 0.330 e. The van der Waals surface area contributed by atoms with E-state index >= 15 is 0 Å². The lowest BCUT2D eigenvalue weighted by molar-refractivity contribution is -0.137. The van der Waals surface area contributed by atoms with E-state index in [1.54, 1.807) is 24.3 Å². The molecule has 0 aliphatic heterocycles. The SMILES string of the molecule is CCCCCCCCCCCCCCCCCCCCCOC(=O)/C=C/c1ccc(O)c(OC)c1. The highest BCUT2D eigenvalue weighted by Gasteiger charge is 2.02. The molecule has 1 aromatic carbocycles. The maximum atomic E-state index is 11.8. The Hall–Kier alpha value is -1.97. The van der Waals surface area contributed by atoms with Gasteiger partial charge in [-0.25, -0.2) is 4.79 Å². The van der Waals surface area contributed by atoms with Gasteiger partial charge in [-0.1, -0.05) is 129 Å². The summed E-state index contributed by atoms with van der Waals surface area (Å²) in [4.78, 5) is 11.8. The highest BCUT2D eigenvalue weighted by Crippen LogP contribution is 2.26. The summed E-state index contributed by atoms with van der Waals surface area (Å²) in [5.41, 5.74) is 0.778. The number of rotatable bonds is 23. The predicted molar refractivity (Wildman–Crippen MR) is 148 cm³/mol. The van der Waals surface area contributed by atoms with Crippen LogP contribution in [-0.2, 0) is 9.53 Å². The van der Waals surface area contributed by atoms with E-state index < -0.39 is 0 Å². The van der Waals surface area contributed by atoms with Gasteiger partial charge < -0.3 is 14.6 Å². The third-order valence-corrected chi connectivity index (χ3v) is 6.61. The summed E-state index contributed by atoms with van der Waals surface area (Å²) in [7, 11) is 1.50. The highest BCUT2D eigenvalue weighted by molar-refractivity contribution is 5.87. The van der Waals surface area contributed by atoms with Crippen molar-refractivity contribution in [1.82, 2.24) is 0 Å². The first-order valence-corrected chi connectivity index (χ1v) is 14.4. The van der Waals surface area contributed by atoms with Crippen molar-refractivity contribution in [3.8, 4) is 11.5 Å². The molecule has 0 aromatic heterocycles. The molecule has 0 heterocycles. The first kappa shape index (κ1) is 31.1. The molecule has 1 N–H and O–H groups in total. The van der Waals surface area contributed by atoms with Gasteiger partial charge in [0.25, 0.3) is 0 Å². The van der Waals surface area contributed by atoms with Crippen LogP contribution >= 0.6 is 0 Å². The van der Waals surface area contributed by atoms with Gasteiger partial charge in [0.1, 0.15) is 0 Å². The fourth-order valence-electron chi connectivity index (χ4n) is 4.36. The van der Waals surface area contributed by atoms with E-state index in [1.165, 1.54) is 122 Å². The van der Waals surface area contributed by atoms with Crippen molar-refractivity contribution >= 4 is 12.0 Å². The second-order valence-electron chi connectivity index (χ2n) is 9.80. The Morgan fingerprint density at radius 3 is 1.66 bits per heavy atom. The monoisotopic (exact) mass is 488 g/mol. The lowest BCUT2D eigenvalue weighted by Gasteiger charge is -2.05. The molecule has 0 radical (unpaired) electrons.